The van der Waals surface area contributed by atoms with Gasteiger partial charge in [0.25, 0.3) is 0 Å². The van der Waals surface area contributed by atoms with Crippen molar-refractivity contribution in [3.63, 3.8) is 0 Å². The van der Waals surface area contributed by atoms with E-state index in [-0.39, 0.29) is 17.1 Å². The van der Waals surface area contributed by atoms with Crippen LogP contribution >= 0.6 is 11.6 Å². The molecule has 0 unspecified atom stereocenters. The highest BCUT2D eigenvalue weighted by atomic mass is 35.5. The fourth-order valence-electron chi connectivity index (χ4n) is 2.05. The summed E-state index contributed by atoms with van der Waals surface area (Å²) in [7, 11) is 0. The number of aliphatic imine (C=N–C) groups is 1. The minimum Gasteiger partial charge on any atom is -0.479 e. The first-order valence-corrected chi connectivity index (χ1v) is 7.17. The van der Waals surface area contributed by atoms with Crippen LogP contribution in [0.3, 0.4) is 0 Å². The van der Waals surface area contributed by atoms with Gasteiger partial charge in [-0.15, -0.1) is 0 Å². The molecule has 0 aliphatic carbocycles. The van der Waals surface area contributed by atoms with Crippen LogP contribution in [0.4, 0.5) is 10.1 Å². The highest BCUT2D eigenvalue weighted by molar-refractivity contribution is 6.30. The molecule has 0 radical (unpaired) electrons. The molecule has 0 bridgehead atoms. The van der Waals surface area contributed by atoms with Crippen LogP contribution in [-0.4, -0.2) is 16.3 Å². The molecular formula is C17H12ClFN2O2. The number of halogens is 2. The number of aromatic nitrogens is 1. The molecule has 0 saturated heterocycles. The summed E-state index contributed by atoms with van der Waals surface area (Å²) in [6.45, 7) is 1.87. The van der Waals surface area contributed by atoms with Crippen molar-refractivity contribution >= 4 is 23.5 Å². The average Bonchev–Trinajstić information content (AvgIpc) is 2.88. The Bertz CT molecular complexity index is 890. The van der Waals surface area contributed by atoms with Gasteiger partial charge in [0.2, 0.25) is 5.89 Å². The maximum atomic E-state index is 13.7. The first-order chi connectivity index (χ1) is 11.0. The Hall–Kier alpha value is -2.66. The second-order valence-corrected chi connectivity index (χ2v) is 5.31. The Morgan fingerprint density at radius 2 is 2.04 bits per heavy atom. The molecule has 0 spiro atoms. The van der Waals surface area contributed by atoms with E-state index in [0.717, 1.165) is 5.56 Å². The molecule has 6 heteroatoms. The molecule has 1 heterocycles. The highest BCUT2D eigenvalue weighted by Crippen LogP contribution is 2.28. The summed E-state index contributed by atoms with van der Waals surface area (Å²) in [5.41, 5.74) is 1.86. The predicted molar refractivity (Wildman–Crippen MR) is 87.0 cm³/mol. The molecule has 0 saturated carbocycles. The molecule has 0 amide bonds. The number of rotatable bonds is 3. The number of aryl methyl sites for hydroxylation is 1. The van der Waals surface area contributed by atoms with Crippen LogP contribution in [0.25, 0.3) is 11.5 Å². The predicted octanol–water partition coefficient (Wildman–Crippen LogP) is 4.90. The van der Waals surface area contributed by atoms with Crippen molar-refractivity contribution in [3.8, 4) is 17.4 Å². The van der Waals surface area contributed by atoms with Crippen molar-refractivity contribution in [1.29, 1.82) is 0 Å². The molecule has 1 N–H and O–H groups in total. The number of hydrogen-bond donors (Lipinski definition) is 1. The lowest BCUT2D eigenvalue weighted by Gasteiger charge is -1.99. The first kappa shape index (κ1) is 15.2. The van der Waals surface area contributed by atoms with Crippen molar-refractivity contribution < 1.29 is 13.9 Å². The van der Waals surface area contributed by atoms with Gasteiger partial charge in [-0.2, -0.15) is 0 Å². The van der Waals surface area contributed by atoms with Gasteiger partial charge in [-0.25, -0.2) is 9.37 Å². The van der Waals surface area contributed by atoms with Crippen molar-refractivity contribution in [3.05, 3.63) is 64.6 Å². The minimum absolute atomic E-state index is 0.00474. The third-order valence-corrected chi connectivity index (χ3v) is 3.46. The van der Waals surface area contributed by atoms with E-state index < -0.39 is 11.8 Å². The molecule has 0 atom stereocenters. The van der Waals surface area contributed by atoms with Crippen molar-refractivity contribution in [2.45, 2.75) is 6.92 Å². The van der Waals surface area contributed by atoms with Crippen LogP contribution < -0.4 is 0 Å². The van der Waals surface area contributed by atoms with Crippen molar-refractivity contribution in [1.82, 2.24) is 4.98 Å². The molecule has 3 rings (SSSR count). The van der Waals surface area contributed by atoms with E-state index in [4.69, 9.17) is 16.0 Å². The van der Waals surface area contributed by atoms with Gasteiger partial charge < -0.3 is 9.52 Å². The fraction of sp³-hybridized carbons (Fsp3) is 0.0588. The van der Waals surface area contributed by atoms with Gasteiger partial charge in [0.1, 0.15) is 5.82 Å². The molecule has 0 aliphatic heterocycles. The summed E-state index contributed by atoms with van der Waals surface area (Å²) in [5, 5.41) is 10.4. The molecule has 0 fully saturated rings. The molecule has 116 valence electrons. The van der Waals surface area contributed by atoms with Gasteiger partial charge in [-0.3, -0.25) is 4.99 Å². The molecule has 3 aromatic rings. The number of aromatic hydroxyl groups is 1. The molecular weight excluding hydrogens is 319 g/mol. The third-order valence-electron chi connectivity index (χ3n) is 3.22. The molecule has 0 aliphatic rings. The lowest BCUT2D eigenvalue weighted by molar-refractivity contribution is 0.336. The summed E-state index contributed by atoms with van der Waals surface area (Å²) in [4.78, 5) is 8.32. The van der Waals surface area contributed by atoms with Gasteiger partial charge in [0, 0.05) is 5.02 Å². The normalized spacial score (nSPS) is 11.3. The number of benzene rings is 2. The Morgan fingerprint density at radius 1 is 1.26 bits per heavy atom. The van der Waals surface area contributed by atoms with E-state index in [2.05, 4.69) is 9.98 Å². The van der Waals surface area contributed by atoms with E-state index in [0.29, 0.717) is 10.7 Å². The maximum absolute atomic E-state index is 13.7. The summed E-state index contributed by atoms with van der Waals surface area (Å²) in [6.07, 6.45) is 1.36. The zero-order valence-corrected chi connectivity index (χ0v) is 12.9. The van der Waals surface area contributed by atoms with Crippen LogP contribution in [0.1, 0.15) is 11.3 Å². The maximum Gasteiger partial charge on any atom is 0.312 e. The fourth-order valence-corrected chi connectivity index (χ4v) is 2.28. The van der Waals surface area contributed by atoms with Gasteiger partial charge in [-0.1, -0.05) is 23.7 Å². The van der Waals surface area contributed by atoms with Crippen molar-refractivity contribution in [2.24, 2.45) is 4.99 Å². The van der Waals surface area contributed by atoms with Crippen LogP contribution in [0, 0.1) is 12.7 Å². The van der Waals surface area contributed by atoms with Gasteiger partial charge in [-0.05, 0) is 42.8 Å². The topological polar surface area (TPSA) is 58.6 Å². The second-order valence-electron chi connectivity index (χ2n) is 4.88. The van der Waals surface area contributed by atoms with E-state index in [1.54, 1.807) is 30.3 Å². The summed E-state index contributed by atoms with van der Waals surface area (Å²) in [5.74, 6) is -0.903. The lowest BCUT2D eigenvalue weighted by atomic mass is 10.2. The van der Waals surface area contributed by atoms with E-state index in [1.807, 2.05) is 6.92 Å². The Labute approximate surface area is 136 Å². The largest absolute Gasteiger partial charge is 0.479 e. The first-order valence-electron chi connectivity index (χ1n) is 6.79. The standard InChI is InChI=1S/C17H12ClFN2O2/c1-10-8-11(18)6-7-14(10)20-9-15-17(22)23-16(21-15)12-4-2-3-5-13(12)19/h2-9,22H,1H3. The van der Waals surface area contributed by atoms with Crippen LogP contribution in [-0.2, 0) is 0 Å². The second kappa shape index (κ2) is 6.22. The van der Waals surface area contributed by atoms with Gasteiger partial charge in [0.05, 0.1) is 17.5 Å². The smallest absolute Gasteiger partial charge is 0.312 e. The van der Waals surface area contributed by atoms with Gasteiger partial charge >= 0.3 is 5.95 Å². The monoisotopic (exact) mass is 330 g/mol. The number of hydrogen-bond acceptors (Lipinski definition) is 4. The van der Waals surface area contributed by atoms with Crippen LogP contribution in [0.2, 0.25) is 5.02 Å². The summed E-state index contributed by atoms with van der Waals surface area (Å²) < 4.78 is 18.8. The number of oxazole rings is 1. The molecule has 23 heavy (non-hydrogen) atoms. The highest BCUT2D eigenvalue weighted by Gasteiger charge is 2.15. The summed E-state index contributed by atoms with van der Waals surface area (Å²) in [6, 6.07) is 11.3. The van der Waals surface area contributed by atoms with Crippen LogP contribution in [0.5, 0.6) is 5.95 Å². The number of nitrogens with zero attached hydrogens (tertiary/aromatic N) is 2. The SMILES string of the molecule is Cc1cc(Cl)ccc1N=Cc1nc(-c2ccccc2F)oc1O. The van der Waals surface area contributed by atoms with E-state index in [1.165, 1.54) is 18.3 Å². The van der Waals surface area contributed by atoms with E-state index in [9.17, 15) is 9.50 Å². The Kier molecular flexibility index (Phi) is 4.12. The third kappa shape index (κ3) is 3.24. The molecule has 4 nitrogen and oxygen atoms in total. The minimum atomic E-state index is -0.481. The average molecular weight is 331 g/mol. The van der Waals surface area contributed by atoms with Crippen molar-refractivity contribution in [2.75, 3.05) is 0 Å². The summed E-state index contributed by atoms with van der Waals surface area (Å²) >= 11 is 5.89. The van der Waals surface area contributed by atoms with Crippen LogP contribution in [0.15, 0.2) is 51.9 Å². The van der Waals surface area contributed by atoms with E-state index >= 15 is 0 Å². The molecule has 1 aromatic heterocycles. The van der Waals surface area contributed by atoms with Gasteiger partial charge in [0.15, 0.2) is 5.69 Å². The Morgan fingerprint density at radius 3 is 2.78 bits per heavy atom. The Balaban J connectivity index is 1.93. The molecule has 2 aromatic carbocycles. The zero-order chi connectivity index (χ0) is 16.4. The lowest BCUT2D eigenvalue weighted by Crippen LogP contribution is -1.86. The zero-order valence-electron chi connectivity index (χ0n) is 12.1. The quantitative estimate of drug-likeness (QED) is 0.695.